The van der Waals surface area contributed by atoms with E-state index in [0.29, 0.717) is 48.4 Å². The third-order valence-electron chi connectivity index (χ3n) is 6.83. The number of amides is 1. The number of aliphatic hydroxyl groups is 1. The molecule has 0 bridgehead atoms. The summed E-state index contributed by atoms with van der Waals surface area (Å²) in [5.41, 5.74) is 3.60. The maximum absolute atomic E-state index is 13.5. The lowest BCUT2D eigenvalue weighted by Gasteiger charge is -2.28. The van der Waals surface area contributed by atoms with Gasteiger partial charge < -0.3 is 19.5 Å². The van der Waals surface area contributed by atoms with E-state index in [1.54, 1.807) is 42.5 Å². The summed E-state index contributed by atoms with van der Waals surface area (Å²) in [5, 5.41) is 11.5. The van der Waals surface area contributed by atoms with Crippen molar-refractivity contribution in [3.05, 3.63) is 89.0 Å². The quantitative estimate of drug-likeness (QED) is 0.268. The summed E-state index contributed by atoms with van der Waals surface area (Å²) >= 11 is 0. The molecule has 1 N–H and O–H groups in total. The Bertz CT molecular complexity index is 1410. The van der Waals surface area contributed by atoms with Crippen LogP contribution < -0.4 is 19.3 Å². The molecule has 38 heavy (non-hydrogen) atoms. The number of Topliss-reactive ketones (excluding diaryl/α,β-unsaturated/α-hetero) is 1. The van der Waals surface area contributed by atoms with Crippen LogP contribution >= 0.6 is 0 Å². The van der Waals surface area contributed by atoms with Gasteiger partial charge in [0.1, 0.15) is 23.9 Å². The molecule has 1 unspecified atom stereocenters. The van der Waals surface area contributed by atoms with Crippen molar-refractivity contribution in [2.45, 2.75) is 26.8 Å². The molecule has 0 radical (unpaired) electrons. The van der Waals surface area contributed by atoms with Gasteiger partial charge in [0.2, 0.25) is 0 Å². The number of carbonyl (C=O) groups excluding carboxylic acids is 2. The normalized spacial score (nSPS) is 18.5. The van der Waals surface area contributed by atoms with E-state index in [9.17, 15) is 14.7 Å². The van der Waals surface area contributed by atoms with Crippen LogP contribution in [-0.2, 0) is 9.59 Å². The van der Waals surface area contributed by atoms with Gasteiger partial charge in [-0.2, -0.15) is 0 Å². The molecule has 0 spiro atoms. The molecule has 1 atom stereocenters. The molecule has 2 aliphatic rings. The first-order valence-electron chi connectivity index (χ1n) is 12.8. The van der Waals surface area contributed by atoms with Gasteiger partial charge in [-0.15, -0.1) is 0 Å². The highest BCUT2D eigenvalue weighted by Gasteiger charge is 2.47. The summed E-state index contributed by atoms with van der Waals surface area (Å²) in [4.78, 5) is 30.5. The van der Waals surface area contributed by atoms with Crippen LogP contribution in [0.3, 0.4) is 0 Å². The predicted octanol–water partition coefficient (Wildman–Crippen LogP) is 5.48. The van der Waals surface area contributed by atoms with Gasteiger partial charge in [0.15, 0.2) is 0 Å². The minimum absolute atomic E-state index is 0.0556. The lowest BCUT2D eigenvalue weighted by atomic mass is 9.94. The molecule has 0 saturated carbocycles. The fourth-order valence-corrected chi connectivity index (χ4v) is 4.87. The fraction of sp³-hybridized carbons (Fsp3) is 0.290. The second-order valence-electron chi connectivity index (χ2n) is 10.2. The van der Waals surface area contributed by atoms with Crippen LogP contribution in [0.1, 0.15) is 36.6 Å². The lowest BCUT2D eigenvalue weighted by molar-refractivity contribution is -0.132. The van der Waals surface area contributed by atoms with Crippen LogP contribution in [-0.4, -0.2) is 43.6 Å². The molecule has 1 saturated heterocycles. The van der Waals surface area contributed by atoms with E-state index in [-0.39, 0.29) is 11.3 Å². The first kappa shape index (κ1) is 25.4. The summed E-state index contributed by atoms with van der Waals surface area (Å²) < 4.78 is 11.5. The van der Waals surface area contributed by atoms with Crippen LogP contribution in [0.4, 0.5) is 11.4 Å². The van der Waals surface area contributed by atoms with E-state index in [2.05, 4.69) is 13.8 Å². The molecule has 5 rings (SSSR count). The van der Waals surface area contributed by atoms with E-state index in [4.69, 9.17) is 9.47 Å². The fourth-order valence-electron chi connectivity index (χ4n) is 4.87. The number of hydrogen-bond donors (Lipinski definition) is 1. The van der Waals surface area contributed by atoms with Crippen LogP contribution in [0, 0.1) is 12.8 Å². The number of hydrogen-bond acceptors (Lipinski definition) is 6. The Labute approximate surface area is 222 Å². The number of ketones is 1. The highest BCUT2D eigenvalue weighted by Crippen LogP contribution is 2.43. The highest BCUT2D eigenvalue weighted by molar-refractivity contribution is 6.51. The number of carbonyl (C=O) groups is 2. The van der Waals surface area contributed by atoms with Crippen LogP contribution in [0.25, 0.3) is 5.76 Å². The lowest BCUT2D eigenvalue weighted by Crippen LogP contribution is -2.29. The number of rotatable bonds is 6. The number of ether oxygens (including phenoxy) is 2. The molecule has 196 valence electrons. The van der Waals surface area contributed by atoms with Gasteiger partial charge in [-0.05, 0) is 60.9 Å². The Hall–Kier alpha value is -4.26. The first-order valence-corrected chi connectivity index (χ1v) is 12.8. The molecular formula is C31H32N2O5. The van der Waals surface area contributed by atoms with Crippen LogP contribution in [0.2, 0.25) is 0 Å². The zero-order chi connectivity index (χ0) is 27.0. The highest BCUT2D eigenvalue weighted by atomic mass is 16.5. The Morgan fingerprint density at radius 2 is 1.84 bits per heavy atom. The molecule has 0 aliphatic carbocycles. The molecule has 0 aromatic heterocycles. The second-order valence-corrected chi connectivity index (χ2v) is 10.2. The van der Waals surface area contributed by atoms with Gasteiger partial charge in [0, 0.05) is 18.3 Å². The van der Waals surface area contributed by atoms with Gasteiger partial charge in [-0.1, -0.05) is 43.7 Å². The Kier molecular flexibility index (Phi) is 6.85. The molecule has 3 aromatic carbocycles. The number of fused-ring (bicyclic) bond motifs is 1. The largest absolute Gasteiger partial charge is 0.507 e. The van der Waals surface area contributed by atoms with Crippen molar-refractivity contribution in [3.8, 4) is 11.5 Å². The maximum atomic E-state index is 13.5. The Balaban J connectivity index is 1.61. The van der Waals surface area contributed by atoms with Crippen LogP contribution in [0.15, 0.2) is 72.3 Å². The number of likely N-dealkylation sites (N-methyl/N-ethyl adjacent to an activating group) is 1. The van der Waals surface area contributed by atoms with Crippen molar-refractivity contribution in [2.75, 3.05) is 36.6 Å². The SMILES string of the molecule is Cc1cccc(C2/C(=C(/O)c3ccc4c(c3)N(C)CCO4)C(=O)C(=O)N2c2ccc(OCC(C)C)cc2)c1. The number of nitrogens with zero attached hydrogens (tertiary/aromatic N) is 2. The molecule has 2 heterocycles. The average Bonchev–Trinajstić information content (AvgIpc) is 3.17. The Morgan fingerprint density at radius 3 is 2.55 bits per heavy atom. The third kappa shape index (κ3) is 4.72. The summed E-state index contributed by atoms with van der Waals surface area (Å²) in [6.45, 7) is 7.97. The van der Waals surface area contributed by atoms with Gasteiger partial charge in [-0.3, -0.25) is 14.5 Å². The topological polar surface area (TPSA) is 79.3 Å². The van der Waals surface area contributed by atoms with Crippen molar-refractivity contribution in [1.82, 2.24) is 0 Å². The van der Waals surface area contributed by atoms with Crippen molar-refractivity contribution in [2.24, 2.45) is 5.92 Å². The Morgan fingerprint density at radius 1 is 1.08 bits per heavy atom. The number of benzene rings is 3. The van der Waals surface area contributed by atoms with Gasteiger partial charge >= 0.3 is 0 Å². The van der Waals surface area contributed by atoms with Gasteiger partial charge in [-0.25, -0.2) is 0 Å². The number of aryl methyl sites for hydroxylation is 1. The van der Waals surface area contributed by atoms with Crippen LogP contribution in [0.5, 0.6) is 11.5 Å². The molecule has 1 fully saturated rings. The molecule has 1 amide bonds. The van der Waals surface area contributed by atoms with E-state index in [0.717, 1.165) is 16.8 Å². The summed E-state index contributed by atoms with van der Waals surface area (Å²) in [5.74, 6) is 0.154. The maximum Gasteiger partial charge on any atom is 0.300 e. The predicted molar refractivity (Wildman–Crippen MR) is 148 cm³/mol. The molecule has 7 nitrogen and oxygen atoms in total. The molecular weight excluding hydrogens is 480 g/mol. The smallest absolute Gasteiger partial charge is 0.300 e. The van der Waals surface area contributed by atoms with E-state index in [1.807, 2.05) is 43.1 Å². The van der Waals surface area contributed by atoms with E-state index >= 15 is 0 Å². The molecule has 2 aliphatic heterocycles. The minimum atomic E-state index is -0.789. The van der Waals surface area contributed by atoms with E-state index < -0.39 is 17.7 Å². The van der Waals surface area contributed by atoms with Crippen molar-refractivity contribution in [1.29, 1.82) is 0 Å². The number of anilines is 2. The minimum Gasteiger partial charge on any atom is -0.507 e. The van der Waals surface area contributed by atoms with Crippen molar-refractivity contribution in [3.63, 3.8) is 0 Å². The third-order valence-corrected chi connectivity index (χ3v) is 6.83. The molecule has 3 aromatic rings. The summed E-state index contributed by atoms with van der Waals surface area (Å²) in [6.07, 6.45) is 0. The monoisotopic (exact) mass is 512 g/mol. The average molecular weight is 513 g/mol. The zero-order valence-electron chi connectivity index (χ0n) is 22.1. The standard InChI is InChI=1S/C31H32N2O5/c1-19(2)18-38-24-11-9-23(10-12-24)33-28(21-7-5-6-20(3)16-21)27(30(35)31(33)36)29(34)22-8-13-26-25(17-22)32(4)14-15-37-26/h5-13,16-17,19,28,34H,14-15,18H2,1-4H3/b29-27-. The first-order chi connectivity index (χ1) is 18.2. The van der Waals surface area contributed by atoms with Crippen molar-refractivity contribution >= 4 is 28.8 Å². The molecule has 7 heteroatoms. The number of aliphatic hydroxyl groups excluding tert-OH is 1. The van der Waals surface area contributed by atoms with Gasteiger partial charge in [0.05, 0.1) is 30.5 Å². The summed E-state index contributed by atoms with van der Waals surface area (Å²) in [6, 6.07) is 19.3. The van der Waals surface area contributed by atoms with Crippen molar-refractivity contribution < 1.29 is 24.2 Å². The zero-order valence-corrected chi connectivity index (χ0v) is 22.1. The van der Waals surface area contributed by atoms with E-state index in [1.165, 1.54) is 4.90 Å². The van der Waals surface area contributed by atoms with Gasteiger partial charge in [0.25, 0.3) is 11.7 Å². The summed E-state index contributed by atoms with van der Waals surface area (Å²) in [7, 11) is 1.95. The second kappa shape index (κ2) is 10.2.